The van der Waals surface area contributed by atoms with Crippen molar-refractivity contribution in [3.05, 3.63) is 23.9 Å². The van der Waals surface area contributed by atoms with Crippen LogP contribution in [0.5, 0.6) is 0 Å². The number of amides is 2. The quantitative estimate of drug-likeness (QED) is 0.492. The van der Waals surface area contributed by atoms with Gasteiger partial charge in [-0.25, -0.2) is 0 Å². The molecule has 0 aromatic heterocycles. The summed E-state index contributed by atoms with van der Waals surface area (Å²) in [7, 11) is 1.80. The first-order valence-corrected chi connectivity index (χ1v) is 13.5. The average Bonchev–Trinajstić information content (AvgIpc) is 2.85. The van der Waals surface area contributed by atoms with Crippen LogP contribution in [0.3, 0.4) is 0 Å². The van der Waals surface area contributed by atoms with Gasteiger partial charge in [0.15, 0.2) is 0 Å². The topological polar surface area (TPSA) is 65.1 Å². The van der Waals surface area contributed by atoms with Crippen LogP contribution in [0.2, 0.25) is 0 Å². The van der Waals surface area contributed by atoms with Crippen LogP contribution in [-0.2, 0) is 14.3 Å². The number of rotatable bonds is 9. The number of carbonyl (C=O) groups is 2. The highest BCUT2D eigenvalue weighted by Crippen LogP contribution is 2.20. The number of nitrogens with one attached hydrogen (secondary N) is 1. The normalized spacial score (nSPS) is 20.2. The number of allylic oxidation sites excluding steroid dienone is 1. The molecule has 0 saturated carbocycles. The van der Waals surface area contributed by atoms with Gasteiger partial charge in [-0.05, 0) is 51.6 Å². The molecule has 1 N–H and O–H groups in total. The first-order chi connectivity index (χ1) is 16.5. The molecule has 2 aliphatic rings. The van der Waals surface area contributed by atoms with Crippen LogP contribution in [0.25, 0.3) is 0 Å². The molecular weight excluding hydrogens is 440 g/mol. The maximum Gasteiger partial charge on any atom is 0.245 e. The number of nitrogens with zero attached hydrogens (tertiary/aromatic N) is 3. The molecule has 202 valence electrons. The van der Waals surface area contributed by atoms with E-state index in [-0.39, 0.29) is 23.8 Å². The Labute approximate surface area is 214 Å². The van der Waals surface area contributed by atoms with E-state index < -0.39 is 6.04 Å². The van der Waals surface area contributed by atoms with Crippen LogP contribution >= 0.6 is 0 Å². The molecule has 0 bridgehead atoms. The third-order valence-corrected chi connectivity index (χ3v) is 6.64. The number of morpholine rings is 1. The Hall–Kier alpha value is -1.86. The fourth-order valence-corrected chi connectivity index (χ4v) is 4.42. The number of likely N-dealkylation sites (tertiary alicyclic amines) is 1. The highest BCUT2D eigenvalue weighted by atomic mass is 16.5. The van der Waals surface area contributed by atoms with E-state index in [0.29, 0.717) is 12.6 Å². The number of piperidine rings is 1. The molecule has 7 heteroatoms. The molecule has 0 aromatic carbocycles. The molecule has 7 nitrogen and oxygen atoms in total. The summed E-state index contributed by atoms with van der Waals surface area (Å²) >= 11 is 0. The van der Waals surface area contributed by atoms with Gasteiger partial charge in [-0.1, -0.05) is 53.2 Å². The Bertz CT molecular complexity index is 698. The zero-order chi connectivity index (χ0) is 26.5. The molecule has 2 rings (SSSR count). The Balaban J connectivity index is 0.00000194. The fraction of sp³-hybridized carbons (Fsp3) is 0.786. The second kappa shape index (κ2) is 16.0. The lowest BCUT2D eigenvalue weighted by Gasteiger charge is -2.38. The summed E-state index contributed by atoms with van der Waals surface area (Å²) < 4.78 is 5.41. The molecule has 35 heavy (non-hydrogen) atoms. The van der Waals surface area contributed by atoms with Gasteiger partial charge in [-0.15, -0.1) is 0 Å². The first-order valence-electron chi connectivity index (χ1n) is 13.5. The summed E-state index contributed by atoms with van der Waals surface area (Å²) in [6, 6.07) is -0.365. The van der Waals surface area contributed by atoms with Crippen LogP contribution in [0.15, 0.2) is 23.9 Å². The van der Waals surface area contributed by atoms with Crippen molar-refractivity contribution in [3.8, 4) is 0 Å². The number of carbonyl (C=O) groups excluding carboxylic acids is 2. The van der Waals surface area contributed by atoms with Gasteiger partial charge in [-0.2, -0.15) is 0 Å². The molecule has 2 aliphatic heterocycles. The van der Waals surface area contributed by atoms with E-state index >= 15 is 0 Å². The minimum absolute atomic E-state index is 0.0124. The van der Waals surface area contributed by atoms with E-state index in [4.69, 9.17) is 4.74 Å². The predicted octanol–water partition coefficient (Wildman–Crippen LogP) is 4.06. The Morgan fingerprint density at radius 3 is 2.26 bits per heavy atom. The van der Waals surface area contributed by atoms with Crippen LogP contribution < -0.4 is 5.32 Å². The Morgan fingerprint density at radius 1 is 1.11 bits per heavy atom. The van der Waals surface area contributed by atoms with Crippen LogP contribution in [0.4, 0.5) is 0 Å². The van der Waals surface area contributed by atoms with Gasteiger partial charge in [0, 0.05) is 38.4 Å². The van der Waals surface area contributed by atoms with Crippen LogP contribution in [0.1, 0.15) is 74.1 Å². The van der Waals surface area contributed by atoms with Crippen LogP contribution in [-0.4, -0.2) is 91.1 Å². The van der Waals surface area contributed by atoms with E-state index in [1.807, 2.05) is 26.8 Å². The van der Waals surface area contributed by atoms with Crippen molar-refractivity contribution in [1.29, 1.82) is 0 Å². The second-order valence-corrected chi connectivity index (χ2v) is 10.4. The predicted molar refractivity (Wildman–Crippen MR) is 145 cm³/mol. The third-order valence-electron chi connectivity index (χ3n) is 6.64. The highest BCUT2D eigenvalue weighted by molar-refractivity contribution is 5.90. The monoisotopic (exact) mass is 492 g/mol. The van der Waals surface area contributed by atoms with Gasteiger partial charge in [0.1, 0.15) is 6.04 Å². The number of likely N-dealkylation sites (N-methyl/N-ethyl adjacent to an activating group) is 1. The maximum absolute atomic E-state index is 13.2. The zero-order valence-electron chi connectivity index (χ0n) is 23.7. The van der Waals surface area contributed by atoms with Crippen molar-refractivity contribution in [3.63, 3.8) is 0 Å². The van der Waals surface area contributed by atoms with E-state index in [2.05, 4.69) is 49.4 Å². The van der Waals surface area contributed by atoms with Crippen molar-refractivity contribution in [2.45, 2.75) is 92.3 Å². The van der Waals surface area contributed by atoms with Crippen molar-refractivity contribution in [1.82, 2.24) is 20.0 Å². The minimum atomic E-state index is -0.528. The molecule has 0 aliphatic carbocycles. The molecule has 0 radical (unpaired) electrons. The standard InChI is InChI=1S/C25H44N4O3.C3H8/c1-18(2)23(26-24(30)22-10-8-9-12-29(22)19(3)4)25(31)27(7)13-11-20(5)21(6)28-14-16-32-17-15-28;1-3-2/h11,18-19,22-23H,6,8-10,12-17H2,1-5,7H3,(H,26,30);3H2,1-2H3/b20-11+;. The SMILES string of the molecule is C=C(/C(C)=C/CN(C)C(=O)C(NC(=O)C1CCCCN1C(C)C)C(C)C)N1CCOCC1.CCC. The number of hydrogen-bond donors (Lipinski definition) is 1. The van der Waals surface area contributed by atoms with Crippen molar-refractivity contribution < 1.29 is 14.3 Å². The molecule has 0 spiro atoms. The molecular formula is C28H52N4O3. The van der Waals surface area contributed by atoms with Gasteiger partial charge in [0.05, 0.1) is 19.3 Å². The van der Waals surface area contributed by atoms with Gasteiger partial charge >= 0.3 is 0 Å². The molecule has 2 fully saturated rings. The number of ether oxygens (including phenoxy) is 1. The lowest BCUT2D eigenvalue weighted by atomic mass is 9.97. The van der Waals surface area contributed by atoms with Gasteiger partial charge in [0.2, 0.25) is 11.8 Å². The fourth-order valence-electron chi connectivity index (χ4n) is 4.42. The molecule has 2 amide bonds. The first kappa shape index (κ1) is 31.2. The molecule has 2 atom stereocenters. The summed E-state index contributed by atoms with van der Waals surface area (Å²) in [6.45, 7) is 23.3. The molecule has 2 saturated heterocycles. The highest BCUT2D eigenvalue weighted by Gasteiger charge is 2.34. The van der Waals surface area contributed by atoms with E-state index in [1.165, 1.54) is 6.42 Å². The molecule has 2 unspecified atom stereocenters. The van der Waals surface area contributed by atoms with Crippen molar-refractivity contribution in [2.75, 3.05) is 46.4 Å². The van der Waals surface area contributed by atoms with Crippen LogP contribution in [0, 0.1) is 5.92 Å². The summed E-state index contributed by atoms with van der Waals surface area (Å²) in [4.78, 5) is 32.5. The van der Waals surface area contributed by atoms with Crippen molar-refractivity contribution in [2.24, 2.45) is 5.92 Å². The minimum Gasteiger partial charge on any atom is -0.378 e. The summed E-state index contributed by atoms with van der Waals surface area (Å²) in [5, 5.41) is 3.08. The van der Waals surface area contributed by atoms with E-state index in [1.54, 1.807) is 11.9 Å². The van der Waals surface area contributed by atoms with E-state index in [9.17, 15) is 9.59 Å². The smallest absolute Gasteiger partial charge is 0.245 e. The summed E-state index contributed by atoms with van der Waals surface area (Å²) in [5.74, 6) is -0.0639. The molecule has 2 heterocycles. The second-order valence-electron chi connectivity index (χ2n) is 10.4. The van der Waals surface area contributed by atoms with Gasteiger partial charge < -0.3 is 19.9 Å². The lowest BCUT2D eigenvalue weighted by molar-refractivity contribution is -0.138. The van der Waals surface area contributed by atoms with Gasteiger partial charge in [-0.3, -0.25) is 14.5 Å². The largest absolute Gasteiger partial charge is 0.378 e. The number of hydrogen-bond acceptors (Lipinski definition) is 5. The molecule has 0 aromatic rings. The lowest BCUT2D eigenvalue weighted by Crippen LogP contribution is -2.57. The third kappa shape index (κ3) is 9.96. The Kier molecular flexibility index (Phi) is 14.2. The zero-order valence-corrected chi connectivity index (χ0v) is 23.7. The van der Waals surface area contributed by atoms with Gasteiger partial charge in [0.25, 0.3) is 0 Å². The van der Waals surface area contributed by atoms with E-state index in [0.717, 1.165) is 63.4 Å². The van der Waals surface area contributed by atoms with Crippen molar-refractivity contribution >= 4 is 11.8 Å². The maximum atomic E-state index is 13.2. The Morgan fingerprint density at radius 2 is 1.71 bits per heavy atom. The summed E-state index contributed by atoms with van der Waals surface area (Å²) in [6.07, 6.45) is 6.32. The summed E-state index contributed by atoms with van der Waals surface area (Å²) in [5.41, 5.74) is 2.04. The average molecular weight is 493 g/mol.